The fraction of sp³-hybridized carbons (Fsp3) is 0.636. The van der Waals surface area contributed by atoms with Gasteiger partial charge in [0, 0.05) is 13.1 Å². The van der Waals surface area contributed by atoms with Gasteiger partial charge in [0.25, 0.3) is 0 Å². The number of carbonyl (C=O) groups excluding carboxylic acids is 1. The average Bonchev–Trinajstić information content (AvgIpc) is 2.35. The van der Waals surface area contributed by atoms with Gasteiger partial charge in [0.2, 0.25) is 17.8 Å². The molecule has 1 aliphatic heterocycles. The van der Waals surface area contributed by atoms with Gasteiger partial charge in [-0.25, -0.2) is 0 Å². The molecular weight excluding hydrogens is 264 g/mol. The van der Waals surface area contributed by atoms with Gasteiger partial charge in [-0.15, -0.1) is 0 Å². The van der Waals surface area contributed by atoms with E-state index in [4.69, 9.17) is 11.5 Å². The Morgan fingerprint density at radius 3 is 2.68 bits per heavy atom. The van der Waals surface area contributed by atoms with Crippen LogP contribution in [0.2, 0.25) is 0 Å². The molecule has 2 rings (SSSR count). The Morgan fingerprint density at radius 1 is 1.37 bits per heavy atom. The first kappa shape index (κ1) is 13.9. The number of piperidine rings is 1. The van der Waals surface area contributed by atoms with Gasteiger partial charge in [-0.05, 0) is 18.8 Å². The molecule has 104 valence electrons. The van der Waals surface area contributed by atoms with Crippen LogP contribution in [0.3, 0.4) is 0 Å². The lowest BCUT2D eigenvalue weighted by Crippen LogP contribution is -2.40. The zero-order chi connectivity index (χ0) is 13.8. The van der Waals surface area contributed by atoms with Crippen LogP contribution in [0.5, 0.6) is 0 Å². The highest BCUT2D eigenvalue weighted by atomic mass is 32.2. The van der Waals surface area contributed by atoms with E-state index in [-0.39, 0.29) is 17.8 Å². The van der Waals surface area contributed by atoms with Crippen LogP contribution in [0.1, 0.15) is 19.8 Å². The number of amides is 1. The predicted octanol–water partition coefficient (Wildman–Crippen LogP) is 0.387. The molecule has 1 aliphatic rings. The lowest BCUT2D eigenvalue weighted by Gasteiger charge is -2.30. The number of nitrogen functional groups attached to an aromatic ring is 2. The van der Waals surface area contributed by atoms with E-state index in [0.29, 0.717) is 16.8 Å². The topological polar surface area (TPSA) is 111 Å². The van der Waals surface area contributed by atoms with E-state index in [0.717, 1.165) is 19.5 Å². The molecule has 0 saturated carbocycles. The van der Waals surface area contributed by atoms with Crippen molar-refractivity contribution in [2.24, 2.45) is 5.92 Å². The summed E-state index contributed by atoms with van der Waals surface area (Å²) in [7, 11) is 0. The molecule has 2 heterocycles. The number of thioether (sulfide) groups is 1. The van der Waals surface area contributed by atoms with E-state index in [1.165, 1.54) is 18.2 Å². The largest absolute Gasteiger partial charge is 0.368 e. The van der Waals surface area contributed by atoms with Gasteiger partial charge in [-0.3, -0.25) is 4.79 Å². The molecule has 0 radical (unpaired) electrons. The first-order valence-corrected chi connectivity index (χ1v) is 7.20. The van der Waals surface area contributed by atoms with Gasteiger partial charge in [0.05, 0.1) is 5.75 Å². The molecule has 1 aromatic heterocycles. The molecule has 8 heteroatoms. The van der Waals surface area contributed by atoms with Gasteiger partial charge >= 0.3 is 0 Å². The summed E-state index contributed by atoms with van der Waals surface area (Å²) in [6, 6.07) is 0. The Kier molecular flexibility index (Phi) is 4.41. The van der Waals surface area contributed by atoms with Crippen LogP contribution in [-0.4, -0.2) is 44.6 Å². The average molecular weight is 282 g/mol. The standard InChI is InChI=1S/C11H18N6OS/c1-7-3-2-4-17(5-7)8(18)6-19-11-15-9(12)14-10(13)16-11/h7H,2-6H2,1H3,(H4,12,13,14,15,16)/t7-/m0/s1. The van der Waals surface area contributed by atoms with Crippen molar-refractivity contribution in [3.05, 3.63) is 0 Å². The minimum atomic E-state index is 0.0778. The van der Waals surface area contributed by atoms with Gasteiger partial charge < -0.3 is 16.4 Å². The Balaban J connectivity index is 1.89. The normalized spacial score (nSPS) is 19.4. The molecule has 0 spiro atoms. The summed E-state index contributed by atoms with van der Waals surface area (Å²) in [4.78, 5) is 25.5. The Bertz CT molecular complexity index is 448. The van der Waals surface area contributed by atoms with Crippen molar-refractivity contribution in [3.63, 3.8) is 0 Å². The number of anilines is 2. The van der Waals surface area contributed by atoms with Gasteiger partial charge in [-0.1, -0.05) is 18.7 Å². The lowest BCUT2D eigenvalue weighted by atomic mass is 10.0. The fourth-order valence-corrected chi connectivity index (χ4v) is 2.84. The molecule has 0 aromatic carbocycles. The number of hydrogen-bond acceptors (Lipinski definition) is 7. The van der Waals surface area contributed by atoms with Crippen molar-refractivity contribution in [1.29, 1.82) is 0 Å². The third-order valence-corrected chi connectivity index (χ3v) is 3.82. The Hall–Kier alpha value is -1.57. The minimum Gasteiger partial charge on any atom is -0.368 e. The van der Waals surface area contributed by atoms with E-state index >= 15 is 0 Å². The Labute approximate surface area is 116 Å². The van der Waals surface area contributed by atoms with Crippen molar-refractivity contribution in [2.75, 3.05) is 30.3 Å². The molecule has 7 nitrogen and oxygen atoms in total. The number of aromatic nitrogens is 3. The summed E-state index contributed by atoms with van der Waals surface area (Å²) in [5, 5.41) is 0.392. The van der Waals surface area contributed by atoms with Gasteiger partial charge in [0.15, 0.2) is 5.16 Å². The van der Waals surface area contributed by atoms with Crippen molar-refractivity contribution >= 4 is 29.6 Å². The number of likely N-dealkylation sites (tertiary alicyclic amines) is 1. The van der Waals surface area contributed by atoms with E-state index in [1.807, 2.05) is 4.90 Å². The highest BCUT2D eigenvalue weighted by Crippen LogP contribution is 2.19. The lowest BCUT2D eigenvalue weighted by molar-refractivity contribution is -0.130. The molecule has 1 amide bonds. The first-order chi connectivity index (χ1) is 9.04. The molecule has 0 bridgehead atoms. The van der Waals surface area contributed by atoms with Crippen LogP contribution in [-0.2, 0) is 4.79 Å². The van der Waals surface area contributed by atoms with Crippen LogP contribution in [0.25, 0.3) is 0 Å². The van der Waals surface area contributed by atoms with Crippen molar-refractivity contribution in [1.82, 2.24) is 19.9 Å². The number of nitrogens with zero attached hydrogens (tertiary/aromatic N) is 4. The maximum Gasteiger partial charge on any atom is 0.233 e. The third-order valence-electron chi connectivity index (χ3n) is 2.98. The molecule has 1 atom stereocenters. The van der Waals surface area contributed by atoms with Crippen LogP contribution in [0, 0.1) is 5.92 Å². The van der Waals surface area contributed by atoms with Crippen molar-refractivity contribution in [3.8, 4) is 0 Å². The zero-order valence-electron chi connectivity index (χ0n) is 10.9. The maximum absolute atomic E-state index is 12.1. The molecule has 0 aliphatic carbocycles. The zero-order valence-corrected chi connectivity index (χ0v) is 11.7. The molecule has 1 saturated heterocycles. The van der Waals surface area contributed by atoms with Crippen molar-refractivity contribution < 1.29 is 4.79 Å². The molecule has 19 heavy (non-hydrogen) atoms. The second-order valence-electron chi connectivity index (χ2n) is 4.71. The third kappa shape index (κ3) is 3.95. The van der Waals surface area contributed by atoms with E-state index < -0.39 is 0 Å². The van der Waals surface area contributed by atoms with E-state index in [1.54, 1.807) is 0 Å². The van der Waals surface area contributed by atoms with Crippen LogP contribution >= 0.6 is 11.8 Å². The second-order valence-corrected chi connectivity index (χ2v) is 5.65. The number of hydrogen-bond donors (Lipinski definition) is 2. The first-order valence-electron chi connectivity index (χ1n) is 6.22. The molecule has 0 unspecified atom stereocenters. The number of nitrogens with two attached hydrogens (primary N) is 2. The summed E-state index contributed by atoms with van der Waals surface area (Å²) in [6.45, 7) is 3.84. The summed E-state index contributed by atoms with van der Waals surface area (Å²) < 4.78 is 0. The highest BCUT2D eigenvalue weighted by Gasteiger charge is 2.21. The highest BCUT2D eigenvalue weighted by molar-refractivity contribution is 7.99. The minimum absolute atomic E-state index is 0.0778. The molecule has 1 fully saturated rings. The quantitative estimate of drug-likeness (QED) is 0.771. The summed E-state index contributed by atoms with van der Waals surface area (Å²) >= 11 is 1.24. The van der Waals surface area contributed by atoms with Gasteiger partial charge in [-0.2, -0.15) is 15.0 Å². The monoisotopic (exact) mass is 282 g/mol. The molecule has 1 aromatic rings. The van der Waals surface area contributed by atoms with E-state index in [9.17, 15) is 4.79 Å². The van der Waals surface area contributed by atoms with Crippen molar-refractivity contribution in [2.45, 2.75) is 24.9 Å². The summed E-state index contributed by atoms with van der Waals surface area (Å²) in [6.07, 6.45) is 2.26. The number of rotatable bonds is 3. The fourth-order valence-electron chi connectivity index (χ4n) is 2.09. The van der Waals surface area contributed by atoms with Gasteiger partial charge in [0.1, 0.15) is 0 Å². The molecular formula is C11H18N6OS. The van der Waals surface area contributed by atoms with Crippen LogP contribution < -0.4 is 11.5 Å². The van der Waals surface area contributed by atoms with E-state index in [2.05, 4.69) is 21.9 Å². The summed E-state index contributed by atoms with van der Waals surface area (Å²) in [5.41, 5.74) is 11.0. The van der Waals surface area contributed by atoms with Crippen LogP contribution in [0.15, 0.2) is 5.16 Å². The van der Waals surface area contributed by atoms with Crippen LogP contribution in [0.4, 0.5) is 11.9 Å². The summed E-state index contributed by atoms with van der Waals surface area (Å²) in [5.74, 6) is 1.14. The predicted molar refractivity (Wildman–Crippen MR) is 74.4 cm³/mol. The maximum atomic E-state index is 12.1. The second kappa shape index (κ2) is 6.05. The smallest absolute Gasteiger partial charge is 0.233 e. The Morgan fingerprint density at radius 2 is 2.05 bits per heavy atom. The molecule has 4 N–H and O–H groups in total. The number of carbonyl (C=O) groups is 1. The SMILES string of the molecule is C[C@H]1CCCN(C(=O)CSc2nc(N)nc(N)n2)C1.